The molecule has 2 aliphatic heterocycles. The molecule has 4 nitrogen and oxygen atoms in total. The summed E-state index contributed by atoms with van der Waals surface area (Å²) in [6.07, 6.45) is 5.60. The Hall–Kier alpha value is -1.34. The van der Waals surface area contributed by atoms with Crippen molar-refractivity contribution in [3.63, 3.8) is 0 Å². The molecule has 2 heterocycles. The SMILES string of the molecule is COCC[N+]1=C(CCCC2=[N+](CCOC)CCc3ccccc32)c2ccccc2CC1.[Br-].[Br-]. The highest BCUT2D eigenvalue weighted by Gasteiger charge is 2.28. The Kier molecular flexibility index (Phi) is 12.0. The number of ether oxygens (including phenoxy) is 2. The normalized spacial score (nSPS) is 14.8. The number of methoxy groups -OCH3 is 2. The molecule has 0 radical (unpaired) electrons. The lowest BCUT2D eigenvalue weighted by molar-refractivity contribution is -0.532. The lowest BCUT2D eigenvalue weighted by Gasteiger charge is -2.20. The van der Waals surface area contributed by atoms with E-state index in [4.69, 9.17) is 9.47 Å². The topological polar surface area (TPSA) is 24.5 Å². The van der Waals surface area contributed by atoms with Crippen LogP contribution in [0, 0.1) is 0 Å². The number of nitrogens with zero attached hydrogens (tertiary/aromatic N) is 2. The Bertz CT molecular complexity index is 895. The molecule has 0 saturated carbocycles. The standard InChI is InChI=1S/C27H36N2O2.2BrH/c1-30-20-18-28-16-14-22-8-3-5-10-24(22)26(28)12-7-13-27-25-11-6-4-9-23(25)15-17-29(27)19-21-31-2;;/h3-6,8-11H,7,12-21H2,1-2H3;2*1H/q+2;;/p-2. The molecule has 0 N–H and O–H groups in total. The zero-order chi connectivity index (χ0) is 21.5. The summed E-state index contributed by atoms with van der Waals surface area (Å²) in [5.41, 5.74) is 8.84. The number of benzene rings is 2. The molecule has 0 spiro atoms. The maximum Gasteiger partial charge on any atom is 0.183 e. The Morgan fingerprint density at radius 2 is 1.09 bits per heavy atom. The molecule has 0 amide bonds. The first-order valence-electron chi connectivity index (χ1n) is 11.7. The molecule has 2 aromatic carbocycles. The van der Waals surface area contributed by atoms with Gasteiger partial charge in [0.15, 0.2) is 24.5 Å². The summed E-state index contributed by atoms with van der Waals surface area (Å²) >= 11 is 0. The molecular formula is C27H36Br2N2O2. The molecule has 0 atom stereocenters. The van der Waals surface area contributed by atoms with E-state index in [0.717, 1.165) is 71.5 Å². The van der Waals surface area contributed by atoms with Crippen LogP contribution in [-0.2, 0) is 22.3 Å². The Balaban J connectivity index is 0.00000193. The summed E-state index contributed by atoms with van der Waals surface area (Å²) in [5, 5.41) is 0. The summed E-state index contributed by atoms with van der Waals surface area (Å²) in [4.78, 5) is 0. The molecule has 0 saturated heterocycles. The average Bonchev–Trinajstić information content (AvgIpc) is 2.82. The average molecular weight is 580 g/mol. The first kappa shape index (κ1) is 27.9. The van der Waals surface area contributed by atoms with Crippen LogP contribution in [0.2, 0.25) is 0 Å². The Morgan fingerprint density at radius 3 is 1.52 bits per heavy atom. The molecule has 0 aromatic heterocycles. The van der Waals surface area contributed by atoms with Gasteiger partial charge in [-0.05, 0) is 29.7 Å². The fourth-order valence-corrected chi connectivity index (χ4v) is 5.07. The van der Waals surface area contributed by atoms with E-state index < -0.39 is 0 Å². The van der Waals surface area contributed by atoms with Crippen LogP contribution in [0.15, 0.2) is 48.5 Å². The predicted octanol–water partition coefficient (Wildman–Crippen LogP) is -2.43. The van der Waals surface area contributed by atoms with Gasteiger partial charge in [0.05, 0.1) is 0 Å². The van der Waals surface area contributed by atoms with Crippen molar-refractivity contribution in [2.45, 2.75) is 32.1 Å². The van der Waals surface area contributed by atoms with Gasteiger partial charge in [0.25, 0.3) is 0 Å². The van der Waals surface area contributed by atoms with Crippen molar-refractivity contribution < 1.29 is 52.6 Å². The second-order valence-electron chi connectivity index (χ2n) is 8.52. The van der Waals surface area contributed by atoms with E-state index in [9.17, 15) is 0 Å². The van der Waals surface area contributed by atoms with E-state index in [2.05, 4.69) is 57.7 Å². The van der Waals surface area contributed by atoms with E-state index in [1.54, 1.807) is 14.2 Å². The zero-order valence-electron chi connectivity index (χ0n) is 19.9. The minimum absolute atomic E-state index is 0. The molecule has 0 bridgehead atoms. The van der Waals surface area contributed by atoms with Crippen molar-refractivity contribution >= 4 is 11.4 Å². The van der Waals surface area contributed by atoms with Gasteiger partial charge in [-0.2, -0.15) is 0 Å². The summed E-state index contributed by atoms with van der Waals surface area (Å²) < 4.78 is 15.9. The molecule has 4 rings (SSSR count). The van der Waals surface area contributed by atoms with Gasteiger partial charge in [-0.1, -0.05) is 36.4 Å². The van der Waals surface area contributed by atoms with Gasteiger partial charge in [-0.25, -0.2) is 9.15 Å². The third-order valence-electron chi connectivity index (χ3n) is 6.68. The van der Waals surface area contributed by atoms with Crippen molar-refractivity contribution in [3.8, 4) is 0 Å². The van der Waals surface area contributed by atoms with Crippen LogP contribution in [0.4, 0.5) is 0 Å². The molecule has 0 aliphatic carbocycles. The van der Waals surface area contributed by atoms with Crippen LogP contribution >= 0.6 is 0 Å². The summed E-state index contributed by atoms with van der Waals surface area (Å²) in [6, 6.07) is 17.9. The van der Waals surface area contributed by atoms with Crippen LogP contribution in [0.25, 0.3) is 0 Å². The van der Waals surface area contributed by atoms with Crippen molar-refractivity contribution in [3.05, 3.63) is 70.8 Å². The van der Waals surface area contributed by atoms with Gasteiger partial charge in [0.1, 0.15) is 26.3 Å². The second kappa shape index (κ2) is 14.1. The third-order valence-corrected chi connectivity index (χ3v) is 6.68. The number of hydrogen-bond acceptors (Lipinski definition) is 2. The van der Waals surface area contributed by atoms with Gasteiger partial charge in [-0.15, -0.1) is 0 Å². The summed E-state index contributed by atoms with van der Waals surface area (Å²) in [5.74, 6) is 0. The number of hydrogen-bond donors (Lipinski definition) is 0. The molecule has 33 heavy (non-hydrogen) atoms. The Morgan fingerprint density at radius 1 is 0.667 bits per heavy atom. The smallest absolute Gasteiger partial charge is 0.183 e. The van der Waals surface area contributed by atoms with Crippen molar-refractivity contribution in [2.24, 2.45) is 0 Å². The van der Waals surface area contributed by atoms with Gasteiger partial charge in [-0.3, -0.25) is 0 Å². The first-order valence-corrected chi connectivity index (χ1v) is 11.7. The van der Waals surface area contributed by atoms with Gasteiger partial charge in [0, 0.05) is 51.0 Å². The highest BCUT2D eigenvalue weighted by atomic mass is 79.9. The lowest BCUT2D eigenvalue weighted by atomic mass is 9.91. The van der Waals surface area contributed by atoms with Crippen LogP contribution in [0.3, 0.4) is 0 Å². The minimum atomic E-state index is 0. The van der Waals surface area contributed by atoms with E-state index in [1.807, 2.05) is 0 Å². The van der Waals surface area contributed by atoms with Gasteiger partial charge in [0.2, 0.25) is 0 Å². The maximum atomic E-state index is 5.39. The van der Waals surface area contributed by atoms with E-state index in [0.29, 0.717) is 0 Å². The summed E-state index contributed by atoms with van der Waals surface area (Å²) in [7, 11) is 3.59. The zero-order valence-corrected chi connectivity index (χ0v) is 23.0. The van der Waals surface area contributed by atoms with Crippen molar-refractivity contribution in [1.82, 2.24) is 0 Å². The Labute approximate surface area is 219 Å². The number of fused-ring (bicyclic) bond motifs is 2. The number of rotatable bonds is 10. The van der Waals surface area contributed by atoms with Gasteiger partial charge < -0.3 is 43.4 Å². The fourth-order valence-electron chi connectivity index (χ4n) is 5.07. The van der Waals surface area contributed by atoms with E-state index in [-0.39, 0.29) is 34.0 Å². The van der Waals surface area contributed by atoms with E-state index >= 15 is 0 Å². The molecule has 6 heteroatoms. The fraction of sp³-hybridized carbons (Fsp3) is 0.481. The van der Waals surface area contributed by atoms with Crippen molar-refractivity contribution in [1.29, 1.82) is 0 Å². The molecular weight excluding hydrogens is 544 g/mol. The minimum Gasteiger partial charge on any atom is -1.00 e. The van der Waals surface area contributed by atoms with Crippen molar-refractivity contribution in [2.75, 3.05) is 53.6 Å². The summed E-state index contributed by atoms with van der Waals surface area (Å²) in [6.45, 7) is 5.69. The maximum absolute atomic E-state index is 5.39. The largest absolute Gasteiger partial charge is 1.00 e. The van der Waals surface area contributed by atoms with Crippen LogP contribution in [-0.4, -0.2) is 74.2 Å². The second-order valence-corrected chi connectivity index (χ2v) is 8.52. The highest BCUT2D eigenvalue weighted by Crippen LogP contribution is 2.22. The quantitative estimate of drug-likeness (QED) is 0.293. The van der Waals surface area contributed by atoms with E-state index in [1.165, 1.54) is 33.7 Å². The molecule has 0 unspecified atom stereocenters. The molecule has 2 aromatic rings. The first-order chi connectivity index (χ1) is 15.3. The predicted molar refractivity (Wildman–Crippen MR) is 126 cm³/mol. The molecule has 180 valence electrons. The molecule has 2 aliphatic rings. The van der Waals surface area contributed by atoms with Crippen LogP contribution in [0.1, 0.15) is 41.5 Å². The van der Waals surface area contributed by atoms with Gasteiger partial charge >= 0.3 is 0 Å². The third kappa shape index (κ3) is 6.84. The number of halogens is 2. The molecule has 0 fully saturated rings. The monoisotopic (exact) mass is 578 g/mol. The highest BCUT2D eigenvalue weighted by molar-refractivity contribution is 6.01. The lowest BCUT2D eigenvalue weighted by Crippen LogP contribution is -3.00. The van der Waals surface area contributed by atoms with Crippen LogP contribution in [0.5, 0.6) is 0 Å². The van der Waals surface area contributed by atoms with Crippen LogP contribution < -0.4 is 34.0 Å².